The number of amides is 1. The standard InChI is InChI=1S/C14H15NO2/c1-2-10-8-13(16)15-12(10)9-17-14(15)11-6-4-3-5-7-11/h2-7,10,12,14H,1,8-9H2/t10-,12?,14+/m1/s1. The van der Waals surface area contributed by atoms with Crippen molar-refractivity contribution < 1.29 is 9.53 Å². The molecule has 0 aromatic heterocycles. The quantitative estimate of drug-likeness (QED) is 0.727. The van der Waals surface area contributed by atoms with Crippen LogP contribution in [0.3, 0.4) is 0 Å². The van der Waals surface area contributed by atoms with Crippen LogP contribution in [0.5, 0.6) is 0 Å². The summed E-state index contributed by atoms with van der Waals surface area (Å²) >= 11 is 0. The SMILES string of the molecule is C=C[C@@H]1CC(=O)N2C1CO[C@H]2c1ccccc1. The van der Waals surface area contributed by atoms with Gasteiger partial charge in [-0.15, -0.1) is 6.58 Å². The summed E-state index contributed by atoms with van der Waals surface area (Å²) in [4.78, 5) is 13.9. The fourth-order valence-corrected chi connectivity index (χ4v) is 2.73. The van der Waals surface area contributed by atoms with E-state index < -0.39 is 0 Å². The van der Waals surface area contributed by atoms with Gasteiger partial charge in [0.1, 0.15) is 0 Å². The third-order valence-corrected chi connectivity index (χ3v) is 3.61. The fraction of sp³-hybridized carbons (Fsp3) is 0.357. The Morgan fingerprint density at radius 2 is 2.12 bits per heavy atom. The zero-order valence-electron chi connectivity index (χ0n) is 9.58. The number of carbonyl (C=O) groups excluding carboxylic acids is 1. The Hall–Kier alpha value is -1.61. The summed E-state index contributed by atoms with van der Waals surface area (Å²) in [6.07, 6.45) is 2.24. The van der Waals surface area contributed by atoms with Gasteiger partial charge in [-0.05, 0) is 0 Å². The van der Waals surface area contributed by atoms with Gasteiger partial charge in [-0.3, -0.25) is 4.79 Å². The number of ether oxygens (including phenoxy) is 1. The van der Waals surface area contributed by atoms with Gasteiger partial charge in [-0.25, -0.2) is 0 Å². The summed E-state index contributed by atoms with van der Waals surface area (Å²) in [6.45, 7) is 4.41. The van der Waals surface area contributed by atoms with E-state index in [-0.39, 0.29) is 24.1 Å². The molecule has 88 valence electrons. The number of rotatable bonds is 2. The molecule has 2 heterocycles. The van der Waals surface area contributed by atoms with Crippen molar-refractivity contribution in [1.82, 2.24) is 4.90 Å². The maximum atomic E-state index is 12.0. The van der Waals surface area contributed by atoms with Crippen molar-refractivity contribution in [2.45, 2.75) is 18.7 Å². The van der Waals surface area contributed by atoms with E-state index in [1.807, 2.05) is 41.3 Å². The van der Waals surface area contributed by atoms with E-state index in [4.69, 9.17) is 4.74 Å². The second-order valence-corrected chi connectivity index (χ2v) is 4.57. The maximum Gasteiger partial charge on any atom is 0.225 e. The summed E-state index contributed by atoms with van der Waals surface area (Å²) < 4.78 is 5.77. The molecule has 17 heavy (non-hydrogen) atoms. The molecular weight excluding hydrogens is 214 g/mol. The number of nitrogens with zero attached hydrogens (tertiary/aromatic N) is 1. The highest BCUT2D eigenvalue weighted by molar-refractivity contribution is 5.80. The highest BCUT2D eigenvalue weighted by atomic mass is 16.5. The van der Waals surface area contributed by atoms with Crippen molar-refractivity contribution in [3.05, 3.63) is 48.6 Å². The smallest absolute Gasteiger partial charge is 0.225 e. The molecule has 1 unspecified atom stereocenters. The normalized spacial score (nSPS) is 31.6. The molecule has 0 aliphatic carbocycles. The van der Waals surface area contributed by atoms with E-state index in [0.717, 1.165) is 5.56 Å². The lowest BCUT2D eigenvalue weighted by Gasteiger charge is -2.23. The highest BCUT2D eigenvalue weighted by Crippen LogP contribution is 2.40. The van der Waals surface area contributed by atoms with Gasteiger partial charge in [0.25, 0.3) is 0 Å². The van der Waals surface area contributed by atoms with Gasteiger partial charge in [0.2, 0.25) is 5.91 Å². The Morgan fingerprint density at radius 1 is 1.35 bits per heavy atom. The van der Waals surface area contributed by atoms with Gasteiger partial charge in [0.05, 0.1) is 12.6 Å². The summed E-state index contributed by atoms with van der Waals surface area (Å²) in [6, 6.07) is 10.1. The maximum absolute atomic E-state index is 12.0. The molecule has 3 nitrogen and oxygen atoms in total. The van der Waals surface area contributed by atoms with Gasteiger partial charge in [-0.1, -0.05) is 36.4 Å². The molecule has 0 bridgehead atoms. The van der Waals surface area contributed by atoms with Crippen LogP contribution in [0.25, 0.3) is 0 Å². The van der Waals surface area contributed by atoms with Crippen LogP contribution in [0.1, 0.15) is 18.2 Å². The Labute approximate surface area is 101 Å². The molecule has 2 saturated heterocycles. The Morgan fingerprint density at radius 3 is 2.82 bits per heavy atom. The molecule has 1 aromatic rings. The third-order valence-electron chi connectivity index (χ3n) is 3.61. The van der Waals surface area contributed by atoms with Gasteiger partial charge < -0.3 is 9.64 Å². The largest absolute Gasteiger partial charge is 0.352 e. The number of fused-ring (bicyclic) bond motifs is 1. The van der Waals surface area contributed by atoms with E-state index in [1.54, 1.807) is 0 Å². The number of hydrogen-bond acceptors (Lipinski definition) is 2. The number of hydrogen-bond donors (Lipinski definition) is 0. The summed E-state index contributed by atoms with van der Waals surface area (Å²) in [5, 5.41) is 0. The molecule has 2 aliphatic rings. The zero-order valence-corrected chi connectivity index (χ0v) is 9.58. The Kier molecular flexibility index (Phi) is 2.48. The minimum atomic E-state index is -0.210. The van der Waals surface area contributed by atoms with E-state index >= 15 is 0 Å². The molecule has 0 N–H and O–H groups in total. The van der Waals surface area contributed by atoms with Crippen LogP contribution in [0.15, 0.2) is 43.0 Å². The minimum Gasteiger partial charge on any atom is -0.352 e. The van der Waals surface area contributed by atoms with Crippen molar-refractivity contribution in [3.8, 4) is 0 Å². The molecule has 0 saturated carbocycles. The average Bonchev–Trinajstić information content (AvgIpc) is 2.92. The molecule has 3 heteroatoms. The first-order chi connectivity index (χ1) is 8.31. The van der Waals surface area contributed by atoms with E-state index in [9.17, 15) is 4.79 Å². The average molecular weight is 229 g/mol. The van der Waals surface area contributed by atoms with E-state index in [2.05, 4.69) is 6.58 Å². The molecule has 3 rings (SSSR count). The van der Waals surface area contributed by atoms with Crippen molar-refractivity contribution in [3.63, 3.8) is 0 Å². The Balaban J connectivity index is 1.91. The minimum absolute atomic E-state index is 0.171. The van der Waals surface area contributed by atoms with Crippen LogP contribution in [0, 0.1) is 5.92 Å². The number of carbonyl (C=O) groups is 1. The predicted molar refractivity (Wildman–Crippen MR) is 64.1 cm³/mol. The Bertz CT molecular complexity index is 443. The second kappa shape index (κ2) is 4.00. The molecule has 0 spiro atoms. The predicted octanol–water partition coefficient (Wildman–Crippen LogP) is 2.12. The molecule has 2 aliphatic heterocycles. The summed E-state index contributed by atoms with van der Waals surface area (Å²) in [5.74, 6) is 0.405. The highest BCUT2D eigenvalue weighted by Gasteiger charge is 2.47. The lowest BCUT2D eigenvalue weighted by Crippen LogP contribution is -2.32. The lowest BCUT2D eigenvalue weighted by atomic mass is 10.0. The third kappa shape index (κ3) is 1.58. The lowest BCUT2D eigenvalue weighted by molar-refractivity contribution is -0.134. The van der Waals surface area contributed by atoms with Crippen molar-refractivity contribution in [1.29, 1.82) is 0 Å². The van der Waals surface area contributed by atoms with Gasteiger partial charge in [-0.2, -0.15) is 0 Å². The molecule has 0 radical (unpaired) electrons. The monoisotopic (exact) mass is 229 g/mol. The van der Waals surface area contributed by atoms with Gasteiger partial charge in [0.15, 0.2) is 6.23 Å². The van der Waals surface area contributed by atoms with Crippen molar-refractivity contribution in [2.75, 3.05) is 6.61 Å². The second-order valence-electron chi connectivity index (χ2n) is 4.57. The molecule has 3 atom stereocenters. The first kappa shape index (κ1) is 10.5. The van der Waals surface area contributed by atoms with Gasteiger partial charge in [0, 0.05) is 17.9 Å². The molecule has 1 aromatic carbocycles. The van der Waals surface area contributed by atoms with Crippen LogP contribution >= 0.6 is 0 Å². The van der Waals surface area contributed by atoms with Crippen molar-refractivity contribution in [2.24, 2.45) is 5.92 Å². The molecule has 1 amide bonds. The summed E-state index contributed by atoms with van der Waals surface area (Å²) in [7, 11) is 0. The van der Waals surface area contributed by atoms with Crippen LogP contribution in [0.4, 0.5) is 0 Å². The van der Waals surface area contributed by atoms with E-state index in [1.165, 1.54) is 0 Å². The molecular formula is C14H15NO2. The van der Waals surface area contributed by atoms with Crippen molar-refractivity contribution >= 4 is 5.91 Å². The zero-order chi connectivity index (χ0) is 11.8. The van der Waals surface area contributed by atoms with Crippen LogP contribution in [-0.4, -0.2) is 23.5 Å². The van der Waals surface area contributed by atoms with Crippen LogP contribution < -0.4 is 0 Å². The summed E-state index contributed by atoms with van der Waals surface area (Å²) in [5.41, 5.74) is 1.05. The van der Waals surface area contributed by atoms with Crippen LogP contribution in [0.2, 0.25) is 0 Å². The fourth-order valence-electron chi connectivity index (χ4n) is 2.73. The number of benzene rings is 1. The first-order valence-corrected chi connectivity index (χ1v) is 5.91. The molecule has 2 fully saturated rings. The topological polar surface area (TPSA) is 29.5 Å². The van der Waals surface area contributed by atoms with Gasteiger partial charge >= 0.3 is 0 Å². The first-order valence-electron chi connectivity index (χ1n) is 5.91. The van der Waals surface area contributed by atoms with Crippen LogP contribution in [-0.2, 0) is 9.53 Å². The van der Waals surface area contributed by atoms with E-state index in [0.29, 0.717) is 13.0 Å².